The van der Waals surface area contributed by atoms with Crippen LogP contribution in [0.25, 0.3) is 0 Å². The van der Waals surface area contributed by atoms with Crippen molar-refractivity contribution in [2.75, 3.05) is 5.32 Å². The molecule has 0 aliphatic heterocycles. The van der Waals surface area contributed by atoms with Gasteiger partial charge in [-0.1, -0.05) is 12.8 Å². The van der Waals surface area contributed by atoms with E-state index in [9.17, 15) is 13.2 Å². The Hall–Kier alpha value is -2.08. The number of carbonyl (C=O) groups excluding carboxylic acids is 1. The van der Waals surface area contributed by atoms with Crippen LogP contribution in [0.3, 0.4) is 0 Å². The molecular formula is C16H17NO4S. The van der Waals surface area contributed by atoms with Crippen LogP contribution in [0.1, 0.15) is 36.2 Å². The molecule has 5 nitrogen and oxygen atoms in total. The Morgan fingerprint density at radius 1 is 1.09 bits per heavy atom. The summed E-state index contributed by atoms with van der Waals surface area (Å²) in [5, 5.41) is 2.40. The first-order valence-electron chi connectivity index (χ1n) is 7.26. The first-order chi connectivity index (χ1) is 10.6. The molecule has 1 amide bonds. The highest BCUT2D eigenvalue weighted by atomic mass is 32.2. The number of hydrogen-bond donors (Lipinski definition) is 1. The van der Waals surface area contributed by atoms with Crippen LogP contribution in [0.2, 0.25) is 0 Å². The van der Waals surface area contributed by atoms with Gasteiger partial charge in [0, 0.05) is 5.69 Å². The highest BCUT2D eigenvalue weighted by molar-refractivity contribution is 7.92. The molecule has 22 heavy (non-hydrogen) atoms. The summed E-state index contributed by atoms with van der Waals surface area (Å²) in [6, 6.07) is 9.49. The van der Waals surface area contributed by atoms with E-state index in [2.05, 4.69) is 5.32 Å². The van der Waals surface area contributed by atoms with Crippen molar-refractivity contribution in [2.45, 2.75) is 35.8 Å². The molecule has 0 unspecified atom stereocenters. The van der Waals surface area contributed by atoms with E-state index >= 15 is 0 Å². The third-order valence-electron chi connectivity index (χ3n) is 3.93. The van der Waals surface area contributed by atoms with E-state index in [4.69, 9.17) is 4.42 Å². The number of sulfone groups is 1. The second-order valence-electron chi connectivity index (χ2n) is 5.41. The maximum atomic E-state index is 12.5. The molecule has 0 radical (unpaired) electrons. The summed E-state index contributed by atoms with van der Waals surface area (Å²) >= 11 is 0. The maximum absolute atomic E-state index is 12.5. The number of nitrogens with one attached hydrogen (secondary N) is 1. The fourth-order valence-electron chi connectivity index (χ4n) is 2.72. The van der Waals surface area contributed by atoms with Crippen molar-refractivity contribution >= 4 is 21.4 Å². The zero-order chi connectivity index (χ0) is 15.6. The monoisotopic (exact) mass is 319 g/mol. The molecule has 2 aromatic rings. The Morgan fingerprint density at radius 3 is 2.36 bits per heavy atom. The quantitative estimate of drug-likeness (QED) is 0.938. The van der Waals surface area contributed by atoms with E-state index in [1.807, 2.05) is 0 Å². The molecule has 0 saturated heterocycles. The summed E-state index contributed by atoms with van der Waals surface area (Å²) in [5.74, 6) is -0.154. The average molecular weight is 319 g/mol. The van der Waals surface area contributed by atoms with Gasteiger partial charge in [0.1, 0.15) is 0 Å². The molecule has 116 valence electrons. The number of hydrogen-bond acceptors (Lipinski definition) is 4. The van der Waals surface area contributed by atoms with Crippen molar-refractivity contribution in [2.24, 2.45) is 0 Å². The minimum Gasteiger partial charge on any atom is -0.459 e. The SMILES string of the molecule is O=C(Nc1ccc(S(=O)(=O)C2CCCC2)cc1)c1ccco1. The molecule has 1 N–H and O–H groups in total. The predicted octanol–water partition coefficient (Wildman–Crippen LogP) is 3.25. The molecule has 1 aromatic carbocycles. The van der Waals surface area contributed by atoms with Crippen molar-refractivity contribution in [1.82, 2.24) is 0 Å². The summed E-state index contributed by atoms with van der Waals surface area (Å²) in [6.07, 6.45) is 4.84. The Balaban J connectivity index is 1.74. The molecule has 1 aromatic heterocycles. The van der Waals surface area contributed by atoms with Gasteiger partial charge in [0.15, 0.2) is 15.6 Å². The number of anilines is 1. The van der Waals surface area contributed by atoms with Gasteiger partial charge >= 0.3 is 0 Å². The molecule has 1 fully saturated rings. The Bertz CT molecular complexity index is 742. The van der Waals surface area contributed by atoms with Gasteiger partial charge < -0.3 is 9.73 Å². The van der Waals surface area contributed by atoms with Gasteiger partial charge in [-0.25, -0.2) is 8.42 Å². The molecule has 1 saturated carbocycles. The van der Waals surface area contributed by atoms with E-state index in [0.29, 0.717) is 10.6 Å². The molecule has 0 atom stereocenters. The number of carbonyl (C=O) groups is 1. The van der Waals surface area contributed by atoms with Crippen molar-refractivity contribution in [1.29, 1.82) is 0 Å². The highest BCUT2D eigenvalue weighted by Crippen LogP contribution is 2.30. The minimum atomic E-state index is -3.26. The lowest BCUT2D eigenvalue weighted by molar-refractivity contribution is 0.0996. The van der Waals surface area contributed by atoms with E-state index < -0.39 is 9.84 Å². The fourth-order valence-corrected chi connectivity index (χ4v) is 4.57. The molecule has 1 aliphatic carbocycles. The fraction of sp³-hybridized carbons (Fsp3) is 0.312. The summed E-state index contributed by atoms with van der Waals surface area (Å²) in [4.78, 5) is 12.2. The molecule has 0 bridgehead atoms. The number of rotatable bonds is 4. The van der Waals surface area contributed by atoms with Crippen LogP contribution < -0.4 is 5.32 Å². The number of amides is 1. The van der Waals surface area contributed by atoms with Gasteiger partial charge in [0.25, 0.3) is 5.91 Å². The second-order valence-corrected chi connectivity index (χ2v) is 7.64. The van der Waals surface area contributed by atoms with Gasteiger partial charge in [-0.05, 0) is 49.2 Å². The Labute approximate surface area is 129 Å². The van der Waals surface area contributed by atoms with Crippen molar-refractivity contribution in [3.05, 3.63) is 48.4 Å². The summed E-state index contributed by atoms with van der Waals surface area (Å²) < 4.78 is 29.9. The standard InChI is InChI=1S/C16H17NO4S/c18-16(15-6-3-11-21-15)17-12-7-9-14(10-8-12)22(19,20)13-4-1-2-5-13/h3,6-11,13H,1-2,4-5H2,(H,17,18). The molecule has 6 heteroatoms. The molecule has 0 spiro atoms. The van der Waals surface area contributed by atoms with Crippen LogP contribution in [0, 0.1) is 0 Å². The Kier molecular flexibility index (Phi) is 4.02. The van der Waals surface area contributed by atoms with Gasteiger partial charge in [-0.15, -0.1) is 0 Å². The minimum absolute atomic E-state index is 0.211. The van der Waals surface area contributed by atoms with E-state index in [0.717, 1.165) is 25.7 Å². The zero-order valence-electron chi connectivity index (χ0n) is 12.0. The van der Waals surface area contributed by atoms with Crippen molar-refractivity contribution < 1.29 is 17.6 Å². The van der Waals surface area contributed by atoms with Gasteiger partial charge in [-0.2, -0.15) is 0 Å². The van der Waals surface area contributed by atoms with Gasteiger partial charge in [0.2, 0.25) is 0 Å². The normalized spacial score (nSPS) is 15.8. The largest absolute Gasteiger partial charge is 0.459 e. The lowest BCUT2D eigenvalue weighted by Gasteiger charge is -2.11. The first-order valence-corrected chi connectivity index (χ1v) is 8.81. The zero-order valence-corrected chi connectivity index (χ0v) is 12.8. The average Bonchev–Trinajstić information content (AvgIpc) is 3.21. The van der Waals surface area contributed by atoms with E-state index in [-0.39, 0.29) is 16.9 Å². The summed E-state index contributed by atoms with van der Waals surface area (Å²) in [5.41, 5.74) is 0.534. The van der Waals surface area contributed by atoms with E-state index in [1.165, 1.54) is 6.26 Å². The van der Waals surface area contributed by atoms with Crippen LogP contribution >= 0.6 is 0 Å². The summed E-state index contributed by atoms with van der Waals surface area (Å²) in [6.45, 7) is 0. The van der Waals surface area contributed by atoms with Crippen LogP contribution in [-0.2, 0) is 9.84 Å². The number of benzene rings is 1. The second kappa shape index (κ2) is 5.96. The molecular weight excluding hydrogens is 302 g/mol. The van der Waals surface area contributed by atoms with Crippen LogP contribution in [0.5, 0.6) is 0 Å². The smallest absolute Gasteiger partial charge is 0.291 e. The van der Waals surface area contributed by atoms with Crippen LogP contribution in [0.15, 0.2) is 52.0 Å². The highest BCUT2D eigenvalue weighted by Gasteiger charge is 2.30. The molecule has 3 rings (SSSR count). The third kappa shape index (κ3) is 2.92. The van der Waals surface area contributed by atoms with Crippen LogP contribution in [-0.4, -0.2) is 19.6 Å². The van der Waals surface area contributed by atoms with Gasteiger partial charge in [0.05, 0.1) is 16.4 Å². The van der Waals surface area contributed by atoms with Crippen LogP contribution in [0.4, 0.5) is 5.69 Å². The topological polar surface area (TPSA) is 76.4 Å². The van der Waals surface area contributed by atoms with Gasteiger partial charge in [-0.3, -0.25) is 4.79 Å². The summed E-state index contributed by atoms with van der Waals surface area (Å²) in [7, 11) is -3.26. The molecule has 1 heterocycles. The lowest BCUT2D eigenvalue weighted by Crippen LogP contribution is -2.18. The number of furan rings is 1. The maximum Gasteiger partial charge on any atom is 0.291 e. The van der Waals surface area contributed by atoms with Crippen molar-refractivity contribution in [3.8, 4) is 0 Å². The Morgan fingerprint density at radius 2 is 1.77 bits per heavy atom. The first kappa shape index (κ1) is 14.8. The predicted molar refractivity (Wildman–Crippen MR) is 82.5 cm³/mol. The third-order valence-corrected chi connectivity index (χ3v) is 6.21. The molecule has 1 aliphatic rings. The van der Waals surface area contributed by atoms with Crippen molar-refractivity contribution in [3.63, 3.8) is 0 Å². The lowest BCUT2D eigenvalue weighted by atomic mass is 10.3. The van der Waals surface area contributed by atoms with E-state index in [1.54, 1.807) is 36.4 Å².